The third-order valence-corrected chi connectivity index (χ3v) is 7.05. The second kappa shape index (κ2) is 4.69. The molecule has 2 aromatic rings. The van der Waals surface area contributed by atoms with Crippen molar-refractivity contribution in [3.63, 3.8) is 0 Å². The zero-order valence-electron chi connectivity index (χ0n) is 14.4. The van der Waals surface area contributed by atoms with Gasteiger partial charge in [-0.3, -0.25) is 9.59 Å². The van der Waals surface area contributed by atoms with E-state index in [2.05, 4.69) is 13.8 Å². The fourth-order valence-corrected chi connectivity index (χ4v) is 4.79. The zero-order chi connectivity index (χ0) is 17.2. The van der Waals surface area contributed by atoms with E-state index in [1.165, 1.54) is 0 Å². The van der Waals surface area contributed by atoms with Crippen molar-refractivity contribution in [2.24, 2.45) is 16.2 Å². The maximum absolute atomic E-state index is 13.2. The summed E-state index contributed by atoms with van der Waals surface area (Å²) in [6, 6.07) is 13.6. The maximum atomic E-state index is 13.2. The summed E-state index contributed by atoms with van der Waals surface area (Å²) in [4.78, 5) is 25.7. The van der Waals surface area contributed by atoms with E-state index in [9.17, 15) is 9.59 Å². The van der Waals surface area contributed by atoms with Crippen LogP contribution in [-0.4, -0.2) is 11.8 Å². The number of ether oxygens (including phenoxy) is 1. The van der Waals surface area contributed by atoms with Crippen LogP contribution in [0.2, 0.25) is 0 Å². The quantitative estimate of drug-likeness (QED) is 0.602. The van der Waals surface area contributed by atoms with E-state index in [1.54, 1.807) is 0 Å². The Kier molecular flexibility index (Phi) is 3.00. The zero-order valence-corrected chi connectivity index (χ0v) is 14.4. The second-order valence-electron chi connectivity index (χ2n) is 8.01. The van der Waals surface area contributed by atoms with E-state index in [0.717, 1.165) is 23.6 Å². The first-order valence-electron chi connectivity index (χ1n) is 8.55. The molecule has 0 amide bonds. The SMILES string of the molecule is CC1(C)[C@@]2(C(=O)Oc3cccc4ccccc34)CC[C@]1(C)C(=O)C2. The number of carbonyl (C=O) groups excluding carboxylic acids is 2. The lowest BCUT2D eigenvalue weighted by Crippen LogP contribution is -2.42. The second-order valence-corrected chi connectivity index (χ2v) is 8.01. The molecule has 0 saturated heterocycles. The van der Waals surface area contributed by atoms with Crippen LogP contribution in [0.25, 0.3) is 10.8 Å². The minimum atomic E-state index is -0.699. The number of hydrogen-bond acceptors (Lipinski definition) is 3. The summed E-state index contributed by atoms with van der Waals surface area (Å²) >= 11 is 0. The van der Waals surface area contributed by atoms with Crippen molar-refractivity contribution in [2.45, 2.75) is 40.0 Å². The highest BCUT2D eigenvalue weighted by molar-refractivity contribution is 5.99. The van der Waals surface area contributed by atoms with E-state index in [4.69, 9.17) is 4.74 Å². The van der Waals surface area contributed by atoms with Crippen molar-refractivity contribution in [3.8, 4) is 5.75 Å². The molecule has 2 atom stereocenters. The Morgan fingerprint density at radius 1 is 1.00 bits per heavy atom. The lowest BCUT2D eigenvalue weighted by atomic mass is 9.65. The van der Waals surface area contributed by atoms with Crippen LogP contribution in [0.1, 0.15) is 40.0 Å². The summed E-state index contributed by atoms with van der Waals surface area (Å²) in [5.41, 5.74) is -1.49. The van der Waals surface area contributed by atoms with Crippen LogP contribution in [-0.2, 0) is 9.59 Å². The van der Waals surface area contributed by atoms with Crippen molar-refractivity contribution in [1.82, 2.24) is 0 Å². The summed E-state index contributed by atoms with van der Waals surface area (Å²) in [5, 5.41) is 1.96. The van der Waals surface area contributed by atoms with Gasteiger partial charge in [0.25, 0.3) is 0 Å². The molecule has 0 aliphatic heterocycles. The Morgan fingerprint density at radius 3 is 2.38 bits per heavy atom. The first-order chi connectivity index (χ1) is 11.3. The summed E-state index contributed by atoms with van der Waals surface area (Å²) in [5.74, 6) is 0.531. The predicted molar refractivity (Wildman–Crippen MR) is 92.8 cm³/mol. The molecule has 2 bridgehead atoms. The first kappa shape index (κ1) is 15.4. The van der Waals surface area contributed by atoms with Crippen LogP contribution in [0, 0.1) is 16.2 Å². The molecule has 2 aromatic carbocycles. The summed E-state index contributed by atoms with van der Waals surface area (Å²) in [7, 11) is 0. The molecule has 0 N–H and O–H groups in total. The van der Waals surface area contributed by atoms with Crippen molar-refractivity contribution in [3.05, 3.63) is 42.5 Å². The molecule has 0 radical (unpaired) electrons. The van der Waals surface area contributed by atoms with Crippen LogP contribution in [0.3, 0.4) is 0 Å². The van der Waals surface area contributed by atoms with Gasteiger partial charge in [0.1, 0.15) is 11.5 Å². The molecule has 0 aromatic heterocycles. The molecule has 124 valence electrons. The maximum Gasteiger partial charge on any atom is 0.318 e. The molecule has 2 fully saturated rings. The van der Waals surface area contributed by atoms with E-state index < -0.39 is 10.8 Å². The van der Waals surface area contributed by atoms with Crippen LogP contribution >= 0.6 is 0 Å². The minimum Gasteiger partial charge on any atom is -0.425 e. The number of benzene rings is 2. The normalized spacial score (nSPS) is 30.7. The Bertz CT molecular complexity index is 861. The highest BCUT2D eigenvalue weighted by Crippen LogP contribution is 2.70. The number of Topliss-reactive ketones (excluding diaryl/α,β-unsaturated/α-hetero) is 1. The molecule has 2 aliphatic carbocycles. The van der Waals surface area contributed by atoms with Crippen LogP contribution in [0.15, 0.2) is 42.5 Å². The lowest BCUT2D eigenvalue weighted by Gasteiger charge is -2.37. The average molecular weight is 322 g/mol. The Labute approximate surface area is 142 Å². The molecule has 2 saturated carbocycles. The van der Waals surface area contributed by atoms with Crippen molar-refractivity contribution in [1.29, 1.82) is 0 Å². The van der Waals surface area contributed by atoms with Crippen LogP contribution in [0.5, 0.6) is 5.75 Å². The number of fused-ring (bicyclic) bond motifs is 3. The average Bonchev–Trinajstić information content (AvgIpc) is 2.85. The fourth-order valence-electron chi connectivity index (χ4n) is 4.79. The van der Waals surface area contributed by atoms with E-state index in [1.807, 2.05) is 49.4 Å². The molecular formula is C21H22O3. The van der Waals surface area contributed by atoms with Gasteiger partial charge in [0.05, 0.1) is 5.41 Å². The molecule has 3 nitrogen and oxygen atoms in total. The van der Waals surface area contributed by atoms with E-state index in [0.29, 0.717) is 12.2 Å². The van der Waals surface area contributed by atoms with Crippen molar-refractivity contribution >= 4 is 22.5 Å². The van der Waals surface area contributed by atoms with Gasteiger partial charge < -0.3 is 4.74 Å². The Morgan fingerprint density at radius 2 is 1.71 bits per heavy atom. The lowest BCUT2D eigenvalue weighted by molar-refractivity contribution is -0.151. The summed E-state index contributed by atoms with van der Waals surface area (Å²) in [6.45, 7) is 6.11. The summed E-state index contributed by atoms with van der Waals surface area (Å²) < 4.78 is 5.87. The van der Waals surface area contributed by atoms with Gasteiger partial charge in [0, 0.05) is 17.2 Å². The van der Waals surface area contributed by atoms with Crippen molar-refractivity contribution in [2.75, 3.05) is 0 Å². The topological polar surface area (TPSA) is 43.4 Å². The Hall–Kier alpha value is -2.16. The van der Waals surface area contributed by atoms with Gasteiger partial charge in [0.2, 0.25) is 0 Å². The minimum absolute atomic E-state index is 0.202. The van der Waals surface area contributed by atoms with E-state index >= 15 is 0 Å². The van der Waals surface area contributed by atoms with E-state index in [-0.39, 0.29) is 17.2 Å². The number of ketones is 1. The Balaban J connectivity index is 1.74. The van der Waals surface area contributed by atoms with Gasteiger partial charge >= 0.3 is 5.97 Å². The smallest absolute Gasteiger partial charge is 0.318 e. The number of rotatable bonds is 2. The molecule has 0 spiro atoms. The predicted octanol–water partition coefficient (Wildman–Crippen LogP) is 4.53. The molecule has 4 rings (SSSR count). The monoisotopic (exact) mass is 322 g/mol. The largest absolute Gasteiger partial charge is 0.425 e. The van der Waals surface area contributed by atoms with Crippen molar-refractivity contribution < 1.29 is 14.3 Å². The van der Waals surface area contributed by atoms with Gasteiger partial charge in [0.15, 0.2) is 0 Å². The fraction of sp³-hybridized carbons (Fsp3) is 0.429. The standard InChI is InChI=1S/C21H22O3/c1-19(2)20(3)11-12-21(19,13-17(20)22)18(23)24-16-10-6-8-14-7-4-5-9-15(14)16/h4-10H,11-13H2,1-3H3/t20-,21+/m1/s1. The van der Waals surface area contributed by atoms with Gasteiger partial charge in [-0.2, -0.15) is 0 Å². The van der Waals surface area contributed by atoms with Gasteiger partial charge in [-0.05, 0) is 29.7 Å². The molecule has 0 unspecified atom stereocenters. The molecule has 2 aliphatic rings. The molecule has 3 heteroatoms. The number of esters is 1. The highest BCUT2D eigenvalue weighted by Gasteiger charge is 2.73. The highest BCUT2D eigenvalue weighted by atomic mass is 16.5. The molecular weight excluding hydrogens is 300 g/mol. The van der Waals surface area contributed by atoms with Gasteiger partial charge in [-0.25, -0.2) is 0 Å². The number of hydrogen-bond donors (Lipinski definition) is 0. The molecule has 24 heavy (non-hydrogen) atoms. The number of carbonyl (C=O) groups is 2. The van der Waals surface area contributed by atoms with Gasteiger partial charge in [-0.1, -0.05) is 57.2 Å². The third-order valence-electron chi connectivity index (χ3n) is 7.05. The third kappa shape index (κ3) is 1.68. The molecule has 0 heterocycles. The summed E-state index contributed by atoms with van der Waals surface area (Å²) in [6.07, 6.45) is 1.80. The first-order valence-corrected chi connectivity index (χ1v) is 8.55. The van der Waals surface area contributed by atoms with Gasteiger partial charge in [-0.15, -0.1) is 0 Å². The van der Waals surface area contributed by atoms with Crippen LogP contribution in [0.4, 0.5) is 0 Å². The van der Waals surface area contributed by atoms with Crippen LogP contribution < -0.4 is 4.74 Å².